The first-order valence-corrected chi connectivity index (χ1v) is 13.8. The number of nitrogens with zero attached hydrogens (tertiary/aromatic N) is 3. The zero-order chi connectivity index (χ0) is 26.0. The van der Waals surface area contributed by atoms with Crippen LogP contribution in [0, 0.1) is 0 Å². The number of hydrogen-bond donors (Lipinski definition) is 1. The van der Waals surface area contributed by atoms with E-state index in [1.54, 1.807) is 12.1 Å². The van der Waals surface area contributed by atoms with Gasteiger partial charge >= 0.3 is 0 Å². The monoisotopic (exact) mass is 552 g/mol. The molecule has 4 aromatic rings. The van der Waals surface area contributed by atoms with Crippen LogP contribution >= 0.6 is 23.2 Å². The van der Waals surface area contributed by atoms with Gasteiger partial charge < -0.3 is 4.90 Å². The molecular formula is C27H22Cl2N4O3S. The zero-order valence-corrected chi connectivity index (χ0v) is 21.9. The smallest absolute Gasteiger partial charge is 0.268 e. The number of hydrogen-bond acceptors (Lipinski definition) is 6. The molecule has 0 bridgehead atoms. The lowest BCUT2D eigenvalue weighted by Crippen LogP contribution is -2.34. The maximum atomic E-state index is 13.2. The molecule has 0 unspecified atom stereocenters. The van der Waals surface area contributed by atoms with E-state index >= 15 is 0 Å². The van der Waals surface area contributed by atoms with Gasteiger partial charge in [-0.1, -0.05) is 59.6 Å². The Bertz CT molecular complexity index is 1580. The van der Waals surface area contributed by atoms with Crippen LogP contribution in [0.4, 0.5) is 5.95 Å². The molecule has 37 heavy (non-hydrogen) atoms. The van der Waals surface area contributed by atoms with Crippen LogP contribution in [-0.4, -0.2) is 30.8 Å². The summed E-state index contributed by atoms with van der Waals surface area (Å²) in [4.78, 5) is 24.3. The van der Waals surface area contributed by atoms with E-state index in [-0.39, 0.29) is 16.9 Å². The average molecular weight is 553 g/mol. The lowest BCUT2D eigenvalue weighted by Gasteiger charge is -2.29. The van der Waals surface area contributed by atoms with Crippen molar-refractivity contribution >= 4 is 45.1 Å². The Balaban J connectivity index is 1.47. The van der Waals surface area contributed by atoms with Gasteiger partial charge in [0.05, 0.1) is 16.2 Å². The van der Waals surface area contributed by atoms with E-state index in [1.807, 2.05) is 24.3 Å². The third kappa shape index (κ3) is 5.77. The van der Waals surface area contributed by atoms with Gasteiger partial charge in [0.1, 0.15) is 0 Å². The van der Waals surface area contributed by atoms with Crippen molar-refractivity contribution in [3.63, 3.8) is 0 Å². The normalized spacial score (nSPS) is 13.2. The van der Waals surface area contributed by atoms with E-state index in [1.165, 1.54) is 41.6 Å². The van der Waals surface area contributed by atoms with Gasteiger partial charge in [-0.2, -0.15) is 0 Å². The molecule has 3 aromatic carbocycles. The highest BCUT2D eigenvalue weighted by Gasteiger charge is 2.24. The lowest BCUT2D eigenvalue weighted by atomic mass is 10.0. The first-order chi connectivity index (χ1) is 17.8. The molecule has 10 heteroatoms. The van der Waals surface area contributed by atoms with E-state index < -0.39 is 15.9 Å². The summed E-state index contributed by atoms with van der Waals surface area (Å²) in [5, 5.41) is 0.939. The standard InChI is InChI=1S/C27H22Cl2N4O3S/c28-21-8-10-23(11-9-21)37(35,36)32-26(34)24-16-30-27(31-25(24)15-18-4-3-7-22(29)14-18)33-13-12-19-5-1-2-6-20(19)17-33/h1-11,14,16H,12-13,15,17H2,(H,32,34). The van der Waals surface area contributed by atoms with E-state index in [9.17, 15) is 13.2 Å². The Morgan fingerprint density at radius 1 is 0.946 bits per heavy atom. The summed E-state index contributed by atoms with van der Waals surface area (Å²) in [5.41, 5.74) is 3.79. The van der Waals surface area contributed by atoms with Gasteiger partial charge in [0.15, 0.2) is 0 Å². The fourth-order valence-electron chi connectivity index (χ4n) is 4.24. The quantitative estimate of drug-likeness (QED) is 0.359. The predicted octanol–water partition coefficient (Wildman–Crippen LogP) is 5.06. The number of sulfonamides is 1. The van der Waals surface area contributed by atoms with Crippen molar-refractivity contribution in [2.75, 3.05) is 11.4 Å². The Kier molecular flexibility index (Phi) is 7.15. The van der Waals surface area contributed by atoms with Gasteiger partial charge in [-0.25, -0.2) is 23.1 Å². The molecule has 2 heterocycles. The SMILES string of the molecule is O=C(NS(=O)(=O)c1ccc(Cl)cc1)c1cnc(N2CCc3ccccc3C2)nc1Cc1cccc(Cl)c1. The number of rotatable bonds is 6. The maximum Gasteiger partial charge on any atom is 0.268 e. The zero-order valence-electron chi connectivity index (χ0n) is 19.6. The van der Waals surface area contributed by atoms with Crippen molar-refractivity contribution in [3.8, 4) is 0 Å². The average Bonchev–Trinajstić information content (AvgIpc) is 2.88. The van der Waals surface area contributed by atoms with Crippen LogP contribution in [0.15, 0.2) is 83.9 Å². The highest BCUT2D eigenvalue weighted by atomic mass is 35.5. The lowest BCUT2D eigenvalue weighted by molar-refractivity contribution is 0.0980. The van der Waals surface area contributed by atoms with Crippen molar-refractivity contribution in [2.24, 2.45) is 0 Å². The Morgan fingerprint density at radius 3 is 2.46 bits per heavy atom. The van der Waals surface area contributed by atoms with Crippen molar-refractivity contribution in [1.29, 1.82) is 0 Å². The fraction of sp³-hybridized carbons (Fsp3) is 0.148. The number of halogens is 2. The molecule has 5 rings (SSSR count). The molecule has 0 saturated carbocycles. The van der Waals surface area contributed by atoms with Crippen molar-refractivity contribution in [3.05, 3.63) is 117 Å². The van der Waals surface area contributed by atoms with E-state index in [2.05, 4.69) is 26.7 Å². The second-order valence-corrected chi connectivity index (χ2v) is 11.2. The van der Waals surface area contributed by atoms with Gasteiger partial charge in [-0.15, -0.1) is 0 Å². The molecule has 7 nitrogen and oxygen atoms in total. The van der Waals surface area contributed by atoms with Gasteiger partial charge in [0.2, 0.25) is 5.95 Å². The number of aromatic nitrogens is 2. The van der Waals surface area contributed by atoms with Crippen LogP contribution in [0.5, 0.6) is 0 Å². The Hall–Kier alpha value is -3.46. The highest BCUT2D eigenvalue weighted by Crippen LogP contribution is 2.24. The maximum absolute atomic E-state index is 13.2. The first-order valence-electron chi connectivity index (χ1n) is 11.5. The third-order valence-electron chi connectivity index (χ3n) is 6.12. The molecule has 0 aliphatic carbocycles. The number of amides is 1. The Morgan fingerprint density at radius 2 is 1.70 bits per heavy atom. The molecule has 1 amide bonds. The van der Waals surface area contributed by atoms with E-state index in [0.29, 0.717) is 28.2 Å². The van der Waals surface area contributed by atoms with Gasteiger partial charge in [0.25, 0.3) is 15.9 Å². The first kappa shape index (κ1) is 25.2. The molecule has 1 N–H and O–H groups in total. The van der Waals surface area contributed by atoms with E-state index in [0.717, 1.165) is 18.5 Å². The van der Waals surface area contributed by atoms with Crippen molar-refractivity contribution < 1.29 is 13.2 Å². The van der Waals surface area contributed by atoms with Gasteiger partial charge in [-0.3, -0.25) is 4.79 Å². The summed E-state index contributed by atoms with van der Waals surface area (Å²) in [7, 11) is -4.13. The molecule has 0 fully saturated rings. The molecule has 0 saturated heterocycles. The van der Waals surface area contributed by atoms with Crippen LogP contribution in [0.25, 0.3) is 0 Å². The molecule has 1 aliphatic rings. The molecular weight excluding hydrogens is 531 g/mol. The molecule has 188 valence electrons. The van der Waals surface area contributed by atoms with Crippen LogP contribution < -0.4 is 9.62 Å². The van der Waals surface area contributed by atoms with Crippen LogP contribution in [0.1, 0.15) is 32.7 Å². The number of benzene rings is 3. The van der Waals surface area contributed by atoms with Crippen LogP contribution in [0.3, 0.4) is 0 Å². The minimum atomic E-state index is -4.13. The van der Waals surface area contributed by atoms with Gasteiger partial charge in [-0.05, 0) is 59.5 Å². The predicted molar refractivity (Wildman–Crippen MR) is 144 cm³/mol. The third-order valence-corrected chi connectivity index (χ3v) is 7.96. The molecule has 0 spiro atoms. The summed E-state index contributed by atoms with van der Waals surface area (Å²) in [6.45, 7) is 1.37. The minimum Gasteiger partial charge on any atom is -0.336 e. The largest absolute Gasteiger partial charge is 0.336 e. The highest BCUT2D eigenvalue weighted by molar-refractivity contribution is 7.90. The molecule has 1 aliphatic heterocycles. The number of fused-ring (bicyclic) bond motifs is 1. The van der Waals surface area contributed by atoms with Crippen LogP contribution in [0.2, 0.25) is 10.0 Å². The van der Waals surface area contributed by atoms with Gasteiger partial charge in [0, 0.05) is 35.8 Å². The van der Waals surface area contributed by atoms with Crippen LogP contribution in [-0.2, 0) is 29.4 Å². The summed E-state index contributed by atoms with van der Waals surface area (Å²) >= 11 is 12.0. The fourth-order valence-corrected chi connectivity index (χ4v) is 5.54. The molecule has 0 atom stereocenters. The number of anilines is 1. The topological polar surface area (TPSA) is 92.3 Å². The Labute approximate surface area is 225 Å². The molecule has 0 radical (unpaired) electrons. The minimum absolute atomic E-state index is 0.0682. The number of carbonyl (C=O) groups is 1. The summed E-state index contributed by atoms with van der Waals surface area (Å²) in [5.74, 6) is -0.342. The summed E-state index contributed by atoms with van der Waals surface area (Å²) in [6, 6.07) is 21.0. The number of nitrogens with one attached hydrogen (secondary N) is 1. The molecule has 1 aromatic heterocycles. The van der Waals surface area contributed by atoms with Crippen molar-refractivity contribution in [2.45, 2.75) is 24.3 Å². The van der Waals surface area contributed by atoms with Crippen molar-refractivity contribution in [1.82, 2.24) is 14.7 Å². The summed E-state index contributed by atoms with van der Waals surface area (Å²) in [6.07, 6.45) is 2.50. The number of carbonyl (C=O) groups excluding carboxylic acids is 1. The van der Waals surface area contributed by atoms with E-state index in [4.69, 9.17) is 28.2 Å². The summed E-state index contributed by atoms with van der Waals surface area (Å²) < 4.78 is 27.8. The second kappa shape index (κ2) is 10.5. The second-order valence-electron chi connectivity index (χ2n) is 8.67.